The van der Waals surface area contributed by atoms with Crippen molar-refractivity contribution in [2.24, 2.45) is 0 Å². The third kappa shape index (κ3) is 1.73. The summed E-state index contributed by atoms with van der Waals surface area (Å²) in [6, 6.07) is 7.78. The molecule has 14 heavy (non-hydrogen) atoms. The highest BCUT2D eigenvalue weighted by Gasteiger charge is 2.22. The van der Waals surface area contributed by atoms with Crippen LogP contribution in [0.4, 0.5) is 0 Å². The Kier molecular flexibility index (Phi) is 2.96. The van der Waals surface area contributed by atoms with E-state index in [2.05, 4.69) is 5.32 Å². The van der Waals surface area contributed by atoms with Gasteiger partial charge in [0.15, 0.2) is 0 Å². The van der Waals surface area contributed by atoms with Gasteiger partial charge in [-0.3, -0.25) is 4.21 Å². The van der Waals surface area contributed by atoms with Gasteiger partial charge in [-0.2, -0.15) is 0 Å². The molecule has 1 aliphatic heterocycles. The van der Waals surface area contributed by atoms with Crippen LogP contribution in [0, 0.1) is 0 Å². The number of benzene rings is 1. The first-order valence-electron chi connectivity index (χ1n) is 4.55. The molecule has 76 valence electrons. The highest BCUT2D eigenvalue weighted by Crippen LogP contribution is 2.19. The van der Waals surface area contributed by atoms with E-state index in [1.165, 1.54) is 0 Å². The summed E-state index contributed by atoms with van der Waals surface area (Å²) in [7, 11) is 0.540. The lowest BCUT2D eigenvalue weighted by Crippen LogP contribution is -2.28. The smallest absolute Gasteiger partial charge is 0.149 e. The predicted octanol–water partition coefficient (Wildman–Crippen LogP) is 0.870. The summed E-state index contributed by atoms with van der Waals surface area (Å²) < 4.78 is 17.2. The Hall–Kier alpha value is -0.710. The van der Waals surface area contributed by atoms with Crippen LogP contribution in [-0.4, -0.2) is 23.3 Å². The van der Waals surface area contributed by atoms with Crippen LogP contribution < -0.4 is 5.32 Å². The van der Waals surface area contributed by atoms with Crippen LogP contribution in [0.25, 0.3) is 0 Å². The summed E-state index contributed by atoms with van der Waals surface area (Å²) in [5.41, 5.74) is 0.865. The van der Waals surface area contributed by atoms with Gasteiger partial charge in [0.2, 0.25) is 0 Å². The number of hydrogen-bond acceptors (Lipinski definition) is 3. The normalized spacial score (nSPS) is 26.6. The van der Waals surface area contributed by atoms with E-state index in [4.69, 9.17) is 4.74 Å². The van der Waals surface area contributed by atoms with Crippen LogP contribution in [0.2, 0.25) is 0 Å². The molecular weight excluding hydrogens is 198 g/mol. The summed E-state index contributed by atoms with van der Waals surface area (Å²) in [6.07, 6.45) is 0. The summed E-state index contributed by atoms with van der Waals surface area (Å²) in [4.78, 5) is 0.893. The van der Waals surface area contributed by atoms with Gasteiger partial charge >= 0.3 is 0 Å². The van der Waals surface area contributed by atoms with Crippen LogP contribution in [0.3, 0.4) is 0 Å². The molecule has 1 heterocycles. The SMILES string of the molecule is COC1CNCc2ccccc2S1=O. The highest BCUT2D eigenvalue weighted by atomic mass is 32.2. The molecule has 1 aliphatic rings. The maximum atomic E-state index is 12.0. The van der Waals surface area contributed by atoms with Gasteiger partial charge in [0.1, 0.15) is 5.44 Å². The molecule has 3 nitrogen and oxygen atoms in total. The molecule has 2 atom stereocenters. The molecule has 0 spiro atoms. The van der Waals surface area contributed by atoms with Gasteiger partial charge in [-0.1, -0.05) is 18.2 Å². The fourth-order valence-electron chi connectivity index (χ4n) is 1.56. The van der Waals surface area contributed by atoms with E-state index >= 15 is 0 Å². The van der Waals surface area contributed by atoms with E-state index < -0.39 is 10.8 Å². The quantitative estimate of drug-likeness (QED) is 0.749. The molecule has 2 rings (SSSR count). The molecule has 0 amide bonds. The van der Waals surface area contributed by atoms with Crippen molar-refractivity contribution >= 4 is 10.8 Å². The molecule has 0 fully saturated rings. The Morgan fingerprint density at radius 1 is 1.50 bits per heavy atom. The Bertz CT molecular complexity index is 354. The molecule has 0 bridgehead atoms. The summed E-state index contributed by atoms with van der Waals surface area (Å²) in [5, 5.41) is 3.22. The number of nitrogens with one attached hydrogen (secondary N) is 1. The number of methoxy groups -OCH3 is 1. The van der Waals surface area contributed by atoms with Gasteiger partial charge in [-0.25, -0.2) is 0 Å². The van der Waals surface area contributed by atoms with Crippen molar-refractivity contribution in [2.45, 2.75) is 16.9 Å². The topological polar surface area (TPSA) is 38.3 Å². The molecule has 0 radical (unpaired) electrons. The molecule has 0 aromatic heterocycles. The zero-order valence-electron chi connectivity index (χ0n) is 8.03. The van der Waals surface area contributed by atoms with Crippen molar-refractivity contribution in [2.75, 3.05) is 13.7 Å². The first kappa shape index (κ1) is 9.83. The second-order valence-electron chi connectivity index (χ2n) is 3.20. The van der Waals surface area contributed by atoms with Crippen molar-refractivity contribution < 1.29 is 8.95 Å². The minimum absolute atomic E-state index is 0.237. The van der Waals surface area contributed by atoms with Crippen molar-refractivity contribution in [3.05, 3.63) is 29.8 Å². The Morgan fingerprint density at radius 2 is 2.29 bits per heavy atom. The molecule has 1 N–H and O–H groups in total. The van der Waals surface area contributed by atoms with E-state index in [1.807, 2.05) is 24.3 Å². The second-order valence-corrected chi connectivity index (χ2v) is 4.76. The summed E-state index contributed by atoms with van der Waals surface area (Å²) in [5.74, 6) is 0. The number of rotatable bonds is 1. The average Bonchev–Trinajstić information content (AvgIpc) is 2.39. The summed E-state index contributed by atoms with van der Waals surface area (Å²) >= 11 is 0. The lowest BCUT2D eigenvalue weighted by Gasteiger charge is -2.11. The van der Waals surface area contributed by atoms with E-state index in [9.17, 15) is 4.21 Å². The molecular formula is C10H13NO2S. The van der Waals surface area contributed by atoms with Gasteiger partial charge in [-0.05, 0) is 11.6 Å². The molecule has 0 saturated heterocycles. The van der Waals surface area contributed by atoms with E-state index in [0.717, 1.165) is 17.0 Å². The molecule has 1 aromatic rings. The molecule has 1 aromatic carbocycles. The van der Waals surface area contributed by atoms with Crippen LogP contribution in [0.1, 0.15) is 5.56 Å². The first-order chi connectivity index (χ1) is 6.83. The minimum atomic E-state index is -1.06. The average molecular weight is 211 g/mol. The number of ether oxygens (including phenoxy) is 1. The van der Waals surface area contributed by atoms with Gasteiger partial charge in [-0.15, -0.1) is 0 Å². The Morgan fingerprint density at radius 3 is 3.07 bits per heavy atom. The van der Waals surface area contributed by atoms with Crippen molar-refractivity contribution in [1.82, 2.24) is 5.32 Å². The third-order valence-corrected chi connectivity index (χ3v) is 3.99. The molecule has 2 unspecified atom stereocenters. The third-order valence-electron chi connectivity index (χ3n) is 2.32. The van der Waals surface area contributed by atoms with Gasteiger partial charge in [0.05, 0.1) is 10.8 Å². The van der Waals surface area contributed by atoms with E-state index in [0.29, 0.717) is 6.54 Å². The Balaban J connectivity index is 2.40. The fraction of sp³-hybridized carbons (Fsp3) is 0.400. The number of fused-ring (bicyclic) bond motifs is 1. The largest absolute Gasteiger partial charge is 0.366 e. The van der Waals surface area contributed by atoms with Crippen LogP contribution in [0.15, 0.2) is 29.2 Å². The van der Waals surface area contributed by atoms with Crippen molar-refractivity contribution in [1.29, 1.82) is 0 Å². The molecule has 4 heteroatoms. The lowest BCUT2D eigenvalue weighted by atomic mass is 10.2. The monoisotopic (exact) mass is 211 g/mol. The van der Waals surface area contributed by atoms with E-state index in [-0.39, 0.29) is 5.44 Å². The fourth-order valence-corrected chi connectivity index (χ4v) is 2.90. The van der Waals surface area contributed by atoms with Crippen LogP contribution in [0.5, 0.6) is 0 Å². The lowest BCUT2D eigenvalue weighted by molar-refractivity contribution is 0.167. The van der Waals surface area contributed by atoms with Crippen LogP contribution >= 0.6 is 0 Å². The first-order valence-corrected chi connectivity index (χ1v) is 5.76. The maximum absolute atomic E-state index is 12.0. The zero-order chi connectivity index (χ0) is 9.97. The number of hydrogen-bond donors (Lipinski definition) is 1. The summed E-state index contributed by atoms with van der Waals surface area (Å²) in [6.45, 7) is 1.40. The Labute approximate surface area is 85.9 Å². The van der Waals surface area contributed by atoms with Gasteiger partial charge < -0.3 is 10.1 Å². The zero-order valence-corrected chi connectivity index (χ0v) is 8.84. The predicted molar refractivity (Wildman–Crippen MR) is 55.4 cm³/mol. The van der Waals surface area contributed by atoms with Gasteiger partial charge in [0.25, 0.3) is 0 Å². The highest BCUT2D eigenvalue weighted by molar-refractivity contribution is 7.85. The standard InChI is InChI=1S/C10H13NO2S/c1-13-10-7-11-6-8-4-2-3-5-9(8)14(10)12/h2-5,10-11H,6-7H2,1H3. The maximum Gasteiger partial charge on any atom is 0.149 e. The van der Waals surface area contributed by atoms with E-state index in [1.54, 1.807) is 7.11 Å². The molecule has 0 aliphatic carbocycles. The minimum Gasteiger partial charge on any atom is -0.366 e. The van der Waals surface area contributed by atoms with Crippen molar-refractivity contribution in [3.8, 4) is 0 Å². The van der Waals surface area contributed by atoms with Gasteiger partial charge in [0, 0.05) is 25.1 Å². The molecule has 0 saturated carbocycles. The van der Waals surface area contributed by atoms with Crippen LogP contribution in [-0.2, 0) is 22.1 Å². The van der Waals surface area contributed by atoms with Crippen molar-refractivity contribution in [3.63, 3.8) is 0 Å². The second kappa shape index (κ2) is 4.21.